The number of rotatable bonds is 3. The van der Waals surface area contributed by atoms with Crippen LogP contribution in [-0.2, 0) is 19.1 Å². The number of esters is 1. The molecule has 1 unspecified atom stereocenters. The molecule has 1 aliphatic heterocycles. The molecule has 0 aromatic rings. The van der Waals surface area contributed by atoms with Crippen molar-refractivity contribution in [3.63, 3.8) is 0 Å². The number of hydrogen-bond donors (Lipinski definition) is 0. The first-order valence-corrected chi connectivity index (χ1v) is 4.22. The first-order chi connectivity index (χ1) is 6.56. The topological polar surface area (TPSA) is 52.6 Å². The van der Waals surface area contributed by atoms with Gasteiger partial charge >= 0.3 is 5.97 Å². The van der Waals surface area contributed by atoms with Gasteiger partial charge < -0.3 is 9.47 Å². The first kappa shape index (κ1) is 10.5. The van der Waals surface area contributed by atoms with Gasteiger partial charge in [0.2, 0.25) is 0 Å². The van der Waals surface area contributed by atoms with Crippen LogP contribution in [0, 0.1) is 0 Å². The third-order valence-corrected chi connectivity index (χ3v) is 2.03. The minimum atomic E-state index is -0.683. The van der Waals surface area contributed by atoms with Gasteiger partial charge in [0.1, 0.15) is 6.29 Å². The standard InChI is InChI=1S/C10H12O4/c1-6(4-11)5-13-10-8(3)7(2)9(12)14-10/h4-5,10H,1-3H3/b6-5+. The molecule has 0 saturated carbocycles. The highest BCUT2D eigenvalue weighted by Gasteiger charge is 2.28. The highest BCUT2D eigenvalue weighted by atomic mass is 16.7. The molecule has 0 fully saturated rings. The molecule has 0 bridgehead atoms. The second-order valence-corrected chi connectivity index (χ2v) is 3.16. The largest absolute Gasteiger partial charge is 0.458 e. The minimum absolute atomic E-state index is 0.371. The number of cyclic esters (lactones) is 1. The number of aldehydes is 1. The van der Waals surface area contributed by atoms with Gasteiger partial charge in [-0.2, -0.15) is 0 Å². The molecule has 1 aliphatic rings. The molecule has 0 radical (unpaired) electrons. The molecule has 76 valence electrons. The Morgan fingerprint density at radius 3 is 2.57 bits per heavy atom. The third-order valence-electron chi connectivity index (χ3n) is 2.03. The smallest absolute Gasteiger partial charge is 0.337 e. The number of carbonyl (C=O) groups excluding carboxylic acids is 2. The summed E-state index contributed by atoms with van der Waals surface area (Å²) in [6.07, 6.45) is 1.27. The highest BCUT2D eigenvalue weighted by Crippen LogP contribution is 2.22. The predicted molar refractivity (Wildman–Crippen MR) is 49.2 cm³/mol. The van der Waals surface area contributed by atoms with E-state index in [1.807, 2.05) is 0 Å². The van der Waals surface area contributed by atoms with Gasteiger partial charge in [-0.15, -0.1) is 0 Å². The summed E-state index contributed by atoms with van der Waals surface area (Å²) in [5.74, 6) is -0.371. The Morgan fingerprint density at radius 1 is 1.50 bits per heavy atom. The van der Waals surface area contributed by atoms with Gasteiger partial charge in [-0.05, 0) is 20.8 Å². The van der Waals surface area contributed by atoms with Crippen molar-refractivity contribution in [3.8, 4) is 0 Å². The summed E-state index contributed by atoms with van der Waals surface area (Å²) in [5, 5.41) is 0. The molecule has 1 heterocycles. The quantitative estimate of drug-likeness (QED) is 0.296. The van der Waals surface area contributed by atoms with Crippen LogP contribution in [0.4, 0.5) is 0 Å². The molecule has 1 atom stereocenters. The Labute approximate surface area is 82.2 Å². The molecular weight excluding hydrogens is 184 g/mol. The van der Waals surface area contributed by atoms with Crippen molar-refractivity contribution < 1.29 is 19.1 Å². The van der Waals surface area contributed by atoms with Crippen LogP contribution in [0.15, 0.2) is 23.0 Å². The lowest BCUT2D eigenvalue weighted by Crippen LogP contribution is -2.12. The zero-order valence-corrected chi connectivity index (χ0v) is 8.37. The van der Waals surface area contributed by atoms with Crippen molar-refractivity contribution >= 4 is 12.3 Å². The second-order valence-electron chi connectivity index (χ2n) is 3.16. The summed E-state index contributed by atoms with van der Waals surface area (Å²) >= 11 is 0. The van der Waals surface area contributed by atoms with Crippen molar-refractivity contribution in [2.24, 2.45) is 0 Å². The zero-order chi connectivity index (χ0) is 10.7. The van der Waals surface area contributed by atoms with Crippen LogP contribution in [0.2, 0.25) is 0 Å². The summed E-state index contributed by atoms with van der Waals surface area (Å²) in [4.78, 5) is 21.3. The molecule has 0 aliphatic carbocycles. The maximum absolute atomic E-state index is 11.1. The summed E-state index contributed by atoms with van der Waals surface area (Å²) in [6.45, 7) is 5.04. The lowest BCUT2D eigenvalue weighted by Gasteiger charge is -2.10. The fourth-order valence-electron chi connectivity index (χ4n) is 0.938. The molecule has 0 amide bonds. The molecular formula is C10H12O4. The predicted octanol–water partition coefficient (Wildman–Crippen LogP) is 1.32. The van der Waals surface area contributed by atoms with Crippen molar-refractivity contribution in [2.75, 3.05) is 0 Å². The molecule has 4 heteroatoms. The van der Waals surface area contributed by atoms with Crippen LogP contribution in [0.5, 0.6) is 0 Å². The van der Waals surface area contributed by atoms with Gasteiger partial charge in [-0.1, -0.05) is 0 Å². The van der Waals surface area contributed by atoms with E-state index in [-0.39, 0.29) is 5.97 Å². The monoisotopic (exact) mass is 196 g/mol. The van der Waals surface area contributed by atoms with Crippen LogP contribution in [0.25, 0.3) is 0 Å². The van der Waals surface area contributed by atoms with Crippen LogP contribution < -0.4 is 0 Å². The molecule has 0 N–H and O–H groups in total. The molecule has 1 rings (SSSR count). The SMILES string of the molecule is CC1=C(C)C(O/C=C(\C)C=O)OC1=O. The first-order valence-electron chi connectivity index (χ1n) is 4.22. The van der Waals surface area contributed by atoms with Crippen LogP contribution in [0.3, 0.4) is 0 Å². The van der Waals surface area contributed by atoms with Gasteiger partial charge in [0.05, 0.1) is 6.26 Å². The van der Waals surface area contributed by atoms with E-state index in [1.54, 1.807) is 20.8 Å². The average Bonchev–Trinajstić information content (AvgIpc) is 2.42. The molecule has 4 nitrogen and oxygen atoms in total. The molecule has 0 saturated heterocycles. The normalized spacial score (nSPS) is 22.4. The zero-order valence-electron chi connectivity index (χ0n) is 8.37. The van der Waals surface area contributed by atoms with Crippen LogP contribution in [0.1, 0.15) is 20.8 Å². The second kappa shape index (κ2) is 4.09. The van der Waals surface area contributed by atoms with Gasteiger partial charge in [0.25, 0.3) is 6.29 Å². The number of hydrogen-bond acceptors (Lipinski definition) is 4. The average molecular weight is 196 g/mol. The number of allylic oxidation sites excluding steroid dienone is 1. The van der Waals surface area contributed by atoms with Gasteiger partial charge in [-0.3, -0.25) is 4.79 Å². The molecule has 0 aromatic carbocycles. The van der Waals surface area contributed by atoms with E-state index in [2.05, 4.69) is 0 Å². The Balaban J connectivity index is 2.66. The van der Waals surface area contributed by atoms with E-state index in [0.29, 0.717) is 17.4 Å². The summed E-state index contributed by atoms with van der Waals surface area (Å²) < 4.78 is 10.00. The third kappa shape index (κ3) is 2.02. The van der Waals surface area contributed by atoms with E-state index in [4.69, 9.17) is 9.47 Å². The maximum atomic E-state index is 11.1. The van der Waals surface area contributed by atoms with Gasteiger partial charge in [0.15, 0.2) is 0 Å². The Kier molecular flexibility index (Phi) is 3.06. The lowest BCUT2D eigenvalue weighted by molar-refractivity contribution is -0.152. The maximum Gasteiger partial charge on any atom is 0.337 e. The van der Waals surface area contributed by atoms with Gasteiger partial charge in [-0.25, -0.2) is 4.79 Å². The van der Waals surface area contributed by atoms with Crippen LogP contribution >= 0.6 is 0 Å². The van der Waals surface area contributed by atoms with E-state index in [0.717, 1.165) is 5.57 Å². The Bertz CT molecular complexity index is 325. The molecule has 0 aromatic heterocycles. The Morgan fingerprint density at radius 2 is 2.14 bits per heavy atom. The van der Waals surface area contributed by atoms with Crippen molar-refractivity contribution in [3.05, 3.63) is 23.0 Å². The number of carbonyl (C=O) groups is 2. The van der Waals surface area contributed by atoms with E-state index >= 15 is 0 Å². The number of ether oxygens (including phenoxy) is 2. The van der Waals surface area contributed by atoms with Gasteiger partial charge in [0, 0.05) is 16.7 Å². The van der Waals surface area contributed by atoms with E-state index < -0.39 is 6.29 Å². The fourth-order valence-corrected chi connectivity index (χ4v) is 0.938. The summed E-state index contributed by atoms with van der Waals surface area (Å²) in [6, 6.07) is 0. The molecule has 14 heavy (non-hydrogen) atoms. The fraction of sp³-hybridized carbons (Fsp3) is 0.400. The van der Waals surface area contributed by atoms with E-state index in [9.17, 15) is 9.59 Å². The summed E-state index contributed by atoms with van der Waals surface area (Å²) in [5.41, 5.74) is 1.75. The van der Waals surface area contributed by atoms with Crippen molar-refractivity contribution in [1.29, 1.82) is 0 Å². The molecule has 0 spiro atoms. The van der Waals surface area contributed by atoms with E-state index in [1.165, 1.54) is 6.26 Å². The summed E-state index contributed by atoms with van der Waals surface area (Å²) in [7, 11) is 0. The minimum Gasteiger partial charge on any atom is -0.458 e. The van der Waals surface area contributed by atoms with Crippen molar-refractivity contribution in [2.45, 2.75) is 27.1 Å². The highest BCUT2D eigenvalue weighted by molar-refractivity contribution is 5.91. The lowest BCUT2D eigenvalue weighted by atomic mass is 10.2. The van der Waals surface area contributed by atoms with Crippen LogP contribution in [-0.4, -0.2) is 18.5 Å². The Hall–Kier alpha value is -1.58. The van der Waals surface area contributed by atoms with Crippen molar-refractivity contribution in [1.82, 2.24) is 0 Å².